The molecule has 4 rings (SSSR count). The number of aryl methyl sites for hydroxylation is 1. The number of anilines is 2. The van der Waals surface area contributed by atoms with Crippen LogP contribution in [0.1, 0.15) is 43.7 Å². The molecule has 41 heavy (non-hydrogen) atoms. The molecular formula is C27H31Cl2F3N6O3. The lowest BCUT2D eigenvalue weighted by atomic mass is 9.81. The van der Waals surface area contributed by atoms with Gasteiger partial charge >= 0.3 is 12.3 Å². The van der Waals surface area contributed by atoms with Crippen molar-refractivity contribution in [2.75, 3.05) is 22.9 Å². The quantitative estimate of drug-likeness (QED) is 0.267. The van der Waals surface area contributed by atoms with E-state index in [1.54, 1.807) is 36.2 Å². The van der Waals surface area contributed by atoms with Crippen LogP contribution in [0.15, 0.2) is 36.4 Å². The lowest BCUT2D eigenvalue weighted by Gasteiger charge is -2.34. The maximum absolute atomic E-state index is 13.1. The van der Waals surface area contributed by atoms with Gasteiger partial charge in [-0.05, 0) is 91.3 Å². The molecule has 0 aliphatic heterocycles. The summed E-state index contributed by atoms with van der Waals surface area (Å²) in [5.41, 5.74) is 2.05. The van der Waals surface area contributed by atoms with Crippen molar-refractivity contribution in [3.05, 3.63) is 57.6 Å². The van der Waals surface area contributed by atoms with Gasteiger partial charge in [0.1, 0.15) is 5.75 Å². The molecule has 1 aliphatic rings. The minimum Gasteiger partial charge on any atom is -0.481 e. The molecule has 1 heterocycles. The van der Waals surface area contributed by atoms with Gasteiger partial charge < -0.3 is 19.6 Å². The standard InChI is InChI=1S/C27H31Cl2F3N6O3/c1-3-37(14-17-4-6-19(7-5-17)25(39)40)24-9-8-23(41-27(30,31)32)12-20(24)16-38(26-33-35-36(2)34-26)15-18-10-21(28)13-22(29)11-18/h8-13,17,19H,3-7,14-16H2,1-2H3,(H,39,40)/t17-,19-. The van der Waals surface area contributed by atoms with E-state index in [0.717, 1.165) is 24.1 Å². The summed E-state index contributed by atoms with van der Waals surface area (Å²) in [6, 6.07) is 9.40. The third kappa shape index (κ3) is 8.62. The number of aliphatic carboxylic acids is 1. The summed E-state index contributed by atoms with van der Waals surface area (Å²) >= 11 is 12.4. The molecule has 0 atom stereocenters. The first-order chi connectivity index (χ1) is 19.4. The number of rotatable bonds is 11. The van der Waals surface area contributed by atoms with E-state index in [-0.39, 0.29) is 36.6 Å². The first-order valence-electron chi connectivity index (χ1n) is 13.2. The highest BCUT2D eigenvalue weighted by molar-refractivity contribution is 6.34. The van der Waals surface area contributed by atoms with Gasteiger partial charge in [0.05, 0.1) is 13.0 Å². The molecule has 0 spiro atoms. The van der Waals surface area contributed by atoms with Crippen LogP contribution in [0.4, 0.5) is 24.8 Å². The predicted molar refractivity (Wildman–Crippen MR) is 149 cm³/mol. The first-order valence-corrected chi connectivity index (χ1v) is 14.0. The lowest BCUT2D eigenvalue weighted by Crippen LogP contribution is -2.34. The number of ether oxygens (including phenoxy) is 1. The molecule has 0 bridgehead atoms. The molecule has 1 aliphatic carbocycles. The van der Waals surface area contributed by atoms with Crippen LogP contribution in [0.2, 0.25) is 10.0 Å². The summed E-state index contributed by atoms with van der Waals surface area (Å²) in [5, 5.41) is 22.6. The monoisotopic (exact) mass is 614 g/mol. The molecule has 1 saturated carbocycles. The minimum atomic E-state index is -4.85. The van der Waals surface area contributed by atoms with Crippen LogP contribution in [0.25, 0.3) is 0 Å². The average molecular weight is 615 g/mol. The van der Waals surface area contributed by atoms with Crippen LogP contribution in [-0.4, -0.2) is 50.7 Å². The minimum absolute atomic E-state index is 0.127. The highest BCUT2D eigenvalue weighted by atomic mass is 35.5. The van der Waals surface area contributed by atoms with Crippen molar-refractivity contribution in [2.45, 2.75) is 52.1 Å². The van der Waals surface area contributed by atoms with Crippen LogP contribution >= 0.6 is 23.2 Å². The number of alkyl halides is 3. The van der Waals surface area contributed by atoms with Gasteiger partial charge in [-0.15, -0.1) is 18.3 Å². The van der Waals surface area contributed by atoms with E-state index < -0.39 is 12.3 Å². The topological polar surface area (TPSA) is 96.6 Å². The lowest BCUT2D eigenvalue weighted by molar-refractivity contribution is -0.274. The van der Waals surface area contributed by atoms with Gasteiger partial charge in [-0.25, -0.2) is 0 Å². The van der Waals surface area contributed by atoms with Gasteiger partial charge in [0.15, 0.2) is 0 Å². The van der Waals surface area contributed by atoms with Crippen molar-refractivity contribution in [3.63, 3.8) is 0 Å². The Morgan fingerprint density at radius 2 is 1.76 bits per heavy atom. The Balaban J connectivity index is 1.67. The molecule has 1 N–H and O–H groups in total. The van der Waals surface area contributed by atoms with Gasteiger partial charge in [0, 0.05) is 41.9 Å². The van der Waals surface area contributed by atoms with Crippen LogP contribution in [0.5, 0.6) is 5.75 Å². The molecule has 0 amide bonds. The van der Waals surface area contributed by atoms with Gasteiger partial charge in [0.25, 0.3) is 5.95 Å². The van der Waals surface area contributed by atoms with Crippen LogP contribution in [0, 0.1) is 11.8 Å². The second kappa shape index (κ2) is 13.2. The molecular weight excluding hydrogens is 584 g/mol. The fourth-order valence-electron chi connectivity index (χ4n) is 5.22. The van der Waals surface area contributed by atoms with E-state index in [2.05, 4.69) is 25.0 Å². The van der Waals surface area contributed by atoms with Crippen LogP contribution < -0.4 is 14.5 Å². The second-order valence-electron chi connectivity index (χ2n) is 10.1. The number of benzene rings is 2. The number of nitrogens with zero attached hydrogens (tertiary/aromatic N) is 6. The Hall–Kier alpha value is -3.25. The molecule has 1 fully saturated rings. The van der Waals surface area contributed by atoms with E-state index >= 15 is 0 Å². The normalized spacial score (nSPS) is 17.3. The first kappa shape index (κ1) is 30.7. The van der Waals surface area contributed by atoms with E-state index in [4.69, 9.17) is 23.2 Å². The largest absolute Gasteiger partial charge is 0.573 e. The molecule has 1 aromatic heterocycles. The van der Waals surface area contributed by atoms with Crippen molar-refractivity contribution in [1.82, 2.24) is 20.2 Å². The zero-order chi connectivity index (χ0) is 29.7. The zero-order valence-corrected chi connectivity index (χ0v) is 24.1. The highest BCUT2D eigenvalue weighted by Gasteiger charge is 2.32. The zero-order valence-electron chi connectivity index (χ0n) is 22.6. The maximum atomic E-state index is 13.1. The summed E-state index contributed by atoms with van der Waals surface area (Å²) in [5.74, 6) is -0.907. The SMILES string of the molecule is CCN(C[C@H]1CC[C@H](C(=O)O)CC1)c1ccc(OC(F)(F)F)cc1CN(Cc1cc(Cl)cc(Cl)c1)c1nnn(C)n1. The Labute approximate surface area is 245 Å². The van der Waals surface area contributed by atoms with E-state index in [1.165, 1.54) is 16.9 Å². The van der Waals surface area contributed by atoms with Gasteiger partial charge in [-0.1, -0.05) is 28.3 Å². The highest BCUT2D eigenvalue weighted by Crippen LogP contribution is 2.35. The number of hydrogen-bond acceptors (Lipinski definition) is 7. The van der Waals surface area contributed by atoms with Crippen LogP contribution in [-0.2, 0) is 24.9 Å². The fourth-order valence-corrected chi connectivity index (χ4v) is 5.79. The Morgan fingerprint density at radius 1 is 1.07 bits per heavy atom. The molecule has 14 heteroatoms. The Morgan fingerprint density at radius 3 is 2.32 bits per heavy atom. The van der Waals surface area contributed by atoms with E-state index in [0.29, 0.717) is 41.5 Å². The smallest absolute Gasteiger partial charge is 0.481 e. The predicted octanol–water partition coefficient (Wildman–Crippen LogP) is 6.34. The third-order valence-electron chi connectivity index (χ3n) is 7.12. The van der Waals surface area contributed by atoms with Gasteiger partial charge in [-0.3, -0.25) is 4.79 Å². The Kier molecular flexibility index (Phi) is 9.85. The number of carboxylic acids is 1. The number of halogens is 5. The number of carbonyl (C=O) groups is 1. The summed E-state index contributed by atoms with van der Waals surface area (Å²) in [6.07, 6.45) is -2.10. The maximum Gasteiger partial charge on any atom is 0.573 e. The van der Waals surface area contributed by atoms with Crippen molar-refractivity contribution in [2.24, 2.45) is 18.9 Å². The van der Waals surface area contributed by atoms with Crippen molar-refractivity contribution in [1.29, 1.82) is 0 Å². The summed E-state index contributed by atoms with van der Waals surface area (Å²) < 4.78 is 43.7. The fraction of sp³-hybridized carbons (Fsp3) is 0.481. The van der Waals surface area contributed by atoms with Gasteiger partial charge in [0.2, 0.25) is 0 Å². The Bertz CT molecular complexity index is 1330. The number of aromatic nitrogens is 4. The van der Waals surface area contributed by atoms with Crippen molar-refractivity contribution in [3.8, 4) is 5.75 Å². The second-order valence-corrected chi connectivity index (χ2v) is 11.0. The van der Waals surface area contributed by atoms with Crippen molar-refractivity contribution < 1.29 is 27.8 Å². The molecule has 2 aromatic carbocycles. The third-order valence-corrected chi connectivity index (χ3v) is 7.56. The average Bonchev–Trinajstić information content (AvgIpc) is 3.32. The number of tetrazole rings is 1. The molecule has 9 nitrogen and oxygen atoms in total. The molecule has 0 saturated heterocycles. The van der Waals surface area contributed by atoms with E-state index in [9.17, 15) is 23.1 Å². The van der Waals surface area contributed by atoms with Crippen molar-refractivity contribution >= 4 is 40.8 Å². The summed E-state index contributed by atoms with van der Waals surface area (Å²) in [6.45, 7) is 3.59. The molecule has 3 aromatic rings. The molecule has 222 valence electrons. The molecule has 0 unspecified atom stereocenters. The molecule has 0 radical (unpaired) electrons. The number of hydrogen-bond donors (Lipinski definition) is 1. The van der Waals surface area contributed by atoms with E-state index in [1.807, 2.05) is 6.92 Å². The van der Waals surface area contributed by atoms with Gasteiger partial charge in [-0.2, -0.15) is 4.80 Å². The van der Waals surface area contributed by atoms with Crippen LogP contribution in [0.3, 0.4) is 0 Å². The number of carboxylic acid groups (broad SMARTS) is 1. The summed E-state index contributed by atoms with van der Waals surface area (Å²) in [4.78, 5) is 16.6. The summed E-state index contributed by atoms with van der Waals surface area (Å²) in [7, 11) is 1.62.